The van der Waals surface area contributed by atoms with Crippen LogP contribution in [0.15, 0.2) is 23.1 Å². The molecule has 4 nitrogen and oxygen atoms in total. The summed E-state index contributed by atoms with van der Waals surface area (Å²) in [6, 6.07) is 2.86. The van der Waals surface area contributed by atoms with Crippen molar-refractivity contribution in [3.8, 4) is 0 Å². The van der Waals surface area contributed by atoms with Crippen molar-refractivity contribution in [2.24, 2.45) is 0 Å². The second-order valence-corrected chi connectivity index (χ2v) is 5.96. The molecule has 1 rings (SSSR count). The summed E-state index contributed by atoms with van der Waals surface area (Å²) in [6.45, 7) is 2.11. The number of rotatable bonds is 3. The predicted octanol–water partition coefficient (Wildman–Crippen LogP) is 1.85. The molecule has 0 spiro atoms. The fourth-order valence-corrected chi connectivity index (χ4v) is 1.95. The van der Waals surface area contributed by atoms with Gasteiger partial charge in [0, 0.05) is 24.3 Å². The van der Waals surface area contributed by atoms with Gasteiger partial charge in [0.15, 0.2) is 0 Å². The lowest BCUT2D eigenvalue weighted by Crippen LogP contribution is -2.27. The van der Waals surface area contributed by atoms with E-state index in [1.54, 1.807) is 6.92 Å². The van der Waals surface area contributed by atoms with Crippen LogP contribution in [0.3, 0.4) is 0 Å². The first kappa shape index (κ1) is 13.9. The molecule has 0 fully saturated rings. The molecular formula is C10H11ClFNO3S. The molecular weight excluding hydrogens is 269 g/mol. The molecule has 17 heavy (non-hydrogen) atoms. The van der Waals surface area contributed by atoms with Gasteiger partial charge in [0.1, 0.15) is 5.82 Å². The van der Waals surface area contributed by atoms with Crippen LogP contribution in [-0.2, 0) is 9.05 Å². The summed E-state index contributed by atoms with van der Waals surface area (Å²) >= 11 is 0. The van der Waals surface area contributed by atoms with E-state index in [4.69, 9.17) is 10.7 Å². The Hall–Kier alpha value is -1.14. The lowest BCUT2D eigenvalue weighted by atomic mass is 10.2. The Labute approximate surface area is 103 Å². The number of halogens is 2. The first-order valence-electron chi connectivity index (χ1n) is 4.77. The Morgan fingerprint density at radius 1 is 1.47 bits per heavy atom. The van der Waals surface area contributed by atoms with Crippen molar-refractivity contribution in [2.45, 2.75) is 11.8 Å². The van der Waals surface area contributed by atoms with E-state index in [0.29, 0.717) is 6.54 Å². The third-order valence-electron chi connectivity index (χ3n) is 2.27. The monoisotopic (exact) mass is 279 g/mol. The Balaban J connectivity index is 3.30. The lowest BCUT2D eigenvalue weighted by molar-refractivity contribution is 0.0797. The molecule has 0 saturated heterocycles. The number of amides is 1. The minimum absolute atomic E-state index is 0.298. The predicted molar refractivity (Wildman–Crippen MR) is 62.1 cm³/mol. The summed E-state index contributed by atoms with van der Waals surface area (Å²) in [5.74, 6) is -1.37. The van der Waals surface area contributed by atoms with E-state index in [1.165, 1.54) is 11.9 Å². The van der Waals surface area contributed by atoms with E-state index in [0.717, 1.165) is 18.2 Å². The third kappa shape index (κ3) is 3.17. The molecule has 94 valence electrons. The maximum absolute atomic E-state index is 13.4. The standard InChI is InChI=1S/C10H11ClFNO3S/c1-3-13(2)10(14)8-6-7(17(11,15)16)4-5-9(8)12/h4-6H,3H2,1-2H3. The zero-order valence-electron chi connectivity index (χ0n) is 9.28. The van der Waals surface area contributed by atoms with Crippen LogP contribution in [0, 0.1) is 5.82 Å². The van der Waals surface area contributed by atoms with Crippen LogP contribution in [0.1, 0.15) is 17.3 Å². The van der Waals surface area contributed by atoms with E-state index in [9.17, 15) is 17.6 Å². The SMILES string of the molecule is CCN(C)C(=O)c1cc(S(=O)(=O)Cl)ccc1F. The van der Waals surface area contributed by atoms with E-state index in [-0.39, 0.29) is 10.5 Å². The van der Waals surface area contributed by atoms with Gasteiger partial charge in [0.25, 0.3) is 15.0 Å². The number of nitrogens with zero attached hydrogens (tertiary/aromatic N) is 1. The summed E-state index contributed by atoms with van der Waals surface area (Å²) in [5.41, 5.74) is -0.309. The van der Waals surface area contributed by atoms with Gasteiger partial charge in [-0.25, -0.2) is 12.8 Å². The number of hydrogen-bond donors (Lipinski definition) is 0. The summed E-state index contributed by atoms with van der Waals surface area (Å²) in [7, 11) is 2.64. The molecule has 0 aliphatic rings. The highest BCUT2D eigenvalue weighted by atomic mass is 35.7. The smallest absolute Gasteiger partial charge is 0.261 e. The molecule has 0 saturated carbocycles. The average molecular weight is 280 g/mol. The molecule has 0 atom stereocenters. The Morgan fingerprint density at radius 3 is 2.53 bits per heavy atom. The first-order valence-corrected chi connectivity index (χ1v) is 7.08. The summed E-state index contributed by atoms with van der Waals surface area (Å²) in [6.07, 6.45) is 0. The summed E-state index contributed by atoms with van der Waals surface area (Å²) in [4.78, 5) is 12.7. The highest BCUT2D eigenvalue weighted by Gasteiger charge is 2.19. The Kier molecular flexibility index (Phi) is 4.11. The number of hydrogen-bond acceptors (Lipinski definition) is 3. The summed E-state index contributed by atoms with van der Waals surface area (Å²) < 4.78 is 35.6. The van der Waals surface area contributed by atoms with E-state index in [1.807, 2.05) is 0 Å². The third-order valence-corrected chi connectivity index (χ3v) is 3.62. The van der Waals surface area contributed by atoms with Crippen molar-refractivity contribution in [2.75, 3.05) is 13.6 Å². The van der Waals surface area contributed by atoms with Crippen LogP contribution in [0.5, 0.6) is 0 Å². The Bertz CT molecular complexity index is 544. The molecule has 0 unspecified atom stereocenters. The Morgan fingerprint density at radius 2 is 2.06 bits per heavy atom. The zero-order chi connectivity index (χ0) is 13.2. The molecule has 1 amide bonds. The molecule has 0 heterocycles. The minimum atomic E-state index is -3.97. The highest BCUT2D eigenvalue weighted by Crippen LogP contribution is 2.19. The maximum atomic E-state index is 13.4. The molecule has 1 aromatic carbocycles. The van der Waals surface area contributed by atoms with Crippen molar-refractivity contribution in [1.29, 1.82) is 0 Å². The van der Waals surface area contributed by atoms with Crippen molar-refractivity contribution in [3.63, 3.8) is 0 Å². The second-order valence-electron chi connectivity index (χ2n) is 3.40. The number of benzene rings is 1. The fraction of sp³-hybridized carbons (Fsp3) is 0.300. The highest BCUT2D eigenvalue weighted by molar-refractivity contribution is 8.13. The maximum Gasteiger partial charge on any atom is 0.261 e. The quantitative estimate of drug-likeness (QED) is 0.794. The summed E-state index contributed by atoms with van der Waals surface area (Å²) in [5, 5.41) is 0. The van der Waals surface area contributed by atoms with Crippen LogP contribution in [0.4, 0.5) is 4.39 Å². The normalized spacial score (nSPS) is 11.3. The zero-order valence-corrected chi connectivity index (χ0v) is 10.8. The fourth-order valence-electron chi connectivity index (χ4n) is 1.17. The van der Waals surface area contributed by atoms with Crippen LogP contribution in [-0.4, -0.2) is 32.8 Å². The van der Waals surface area contributed by atoms with Gasteiger partial charge < -0.3 is 4.90 Å². The average Bonchev–Trinajstić information content (AvgIpc) is 2.26. The van der Waals surface area contributed by atoms with Gasteiger partial charge in [-0.3, -0.25) is 4.79 Å². The van der Waals surface area contributed by atoms with E-state index >= 15 is 0 Å². The molecule has 0 aliphatic heterocycles. The van der Waals surface area contributed by atoms with Crippen molar-refractivity contribution in [3.05, 3.63) is 29.6 Å². The van der Waals surface area contributed by atoms with Gasteiger partial charge in [-0.05, 0) is 25.1 Å². The molecule has 0 aliphatic carbocycles. The lowest BCUT2D eigenvalue weighted by Gasteiger charge is -2.15. The molecule has 0 aromatic heterocycles. The van der Waals surface area contributed by atoms with Crippen LogP contribution in [0.25, 0.3) is 0 Å². The van der Waals surface area contributed by atoms with E-state index in [2.05, 4.69) is 0 Å². The van der Waals surface area contributed by atoms with Gasteiger partial charge in [-0.1, -0.05) is 0 Å². The van der Waals surface area contributed by atoms with Gasteiger partial charge in [0.05, 0.1) is 10.5 Å². The van der Waals surface area contributed by atoms with Crippen molar-refractivity contribution < 1.29 is 17.6 Å². The van der Waals surface area contributed by atoms with Crippen molar-refractivity contribution >= 4 is 25.6 Å². The molecule has 0 bridgehead atoms. The van der Waals surface area contributed by atoms with Crippen molar-refractivity contribution in [1.82, 2.24) is 4.90 Å². The minimum Gasteiger partial charge on any atom is -0.342 e. The second kappa shape index (κ2) is 5.01. The van der Waals surface area contributed by atoms with Crippen LogP contribution < -0.4 is 0 Å². The van der Waals surface area contributed by atoms with E-state index < -0.39 is 20.8 Å². The van der Waals surface area contributed by atoms with Crippen LogP contribution in [0.2, 0.25) is 0 Å². The molecule has 1 aromatic rings. The van der Waals surface area contributed by atoms with Gasteiger partial charge in [0.2, 0.25) is 0 Å². The molecule has 0 radical (unpaired) electrons. The van der Waals surface area contributed by atoms with Gasteiger partial charge >= 0.3 is 0 Å². The number of carbonyl (C=O) groups is 1. The molecule has 0 N–H and O–H groups in total. The largest absolute Gasteiger partial charge is 0.342 e. The number of carbonyl (C=O) groups excluding carboxylic acids is 1. The van der Waals surface area contributed by atoms with Gasteiger partial charge in [-0.2, -0.15) is 0 Å². The van der Waals surface area contributed by atoms with Crippen LogP contribution >= 0.6 is 10.7 Å². The first-order chi connectivity index (χ1) is 7.77. The molecule has 7 heteroatoms. The topological polar surface area (TPSA) is 54.5 Å². The van der Waals surface area contributed by atoms with Gasteiger partial charge in [-0.15, -0.1) is 0 Å².